The maximum atomic E-state index is 12.0. The van der Waals surface area contributed by atoms with Gasteiger partial charge < -0.3 is 10.6 Å². The van der Waals surface area contributed by atoms with Crippen molar-refractivity contribution in [3.8, 4) is 0 Å². The molecule has 1 heterocycles. The van der Waals surface area contributed by atoms with E-state index in [1.807, 2.05) is 44.2 Å². The van der Waals surface area contributed by atoms with Crippen molar-refractivity contribution in [2.75, 3.05) is 10.6 Å². The monoisotopic (exact) mass is 384 g/mol. The number of urea groups is 1. The summed E-state index contributed by atoms with van der Waals surface area (Å²) < 4.78 is 0. The van der Waals surface area contributed by atoms with Crippen molar-refractivity contribution in [1.82, 2.24) is 9.97 Å². The van der Waals surface area contributed by atoms with Gasteiger partial charge in [0.15, 0.2) is 5.16 Å². The van der Waals surface area contributed by atoms with Crippen LogP contribution in [0.2, 0.25) is 5.02 Å². The average Bonchev–Trinajstić information content (AvgIpc) is 2.58. The zero-order valence-corrected chi connectivity index (χ0v) is 15.9. The smallest absolute Gasteiger partial charge is 0.308 e. The second-order valence-electron chi connectivity index (χ2n) is 5.65. The van der Waals surface area contributed by atoms with Crippen molar-refractivity contribution in [3.05, 3.63) is 71.0 Å². The number of rotatable bonds is 4. The normalized spacial score (nSPS) is 10.4. The Hall–Kier alpha value is -2.57. The molecule has 1 aromatic heterocycles. The van der Waals surface area contributed by atoms with E-state index in [2.05, 4.69) is 20.6 Å². The van der Waals surface area contributed by atoms with Crippen molar-refractivity contribution in [1.29, 1.82) is 0 Å². The van der Waals surface area contributed by atoms with Crippen molar-refractivity contribution in [2.45, 2.75) is 23.9 Å². The highest BCUT2D eigenvalue weighted by atomic mass is 35.5. The topological polar surface area (TPSA) is 66.9 Å². The van der Waals surface area contributed by atoms with Crippen LogP contribution in [0.25, 0.3) is 0 Å². The van der Waals surface area contributed by atoms with E-state index in [9.17, 15) is 4.79 Å². The van der Waals surface area contributed by atoms with Gasteiger partial charge in [-0.15, -0.1) is 0 Å². The Morgan fingerprint density at radius 1 is 0.885 bits per heavy atom. The van der Waals surface area contributed by atoms with E-state index in [0.29, 0.717) is 21.6 Å². The van der Waals surface area contributed by atoms with Gasteiger partial charge in [-0.2, -0.15) is 0 Å². The summed E-state index contributed by atoms with van der Waals surface area (Å²) in [6, 6.07) is 16.1. The van der Waals surface area contributed by atoms with Gasteiger partial charge in [-0.05, 0) is 80.2 Å². The largest absolute Gasteiger partial charge is 0.323 e. The second-order valence-corrected chi connectivity index (χ2v) is 7.12. The van der Waals surface area contributed by atoms with Crippen LogP contribution in [-0.4, -0.2) is 16.0 Å². The second kappa shape index (κ2) is 8.21. The minimum Gasteiger partial charge on any atom is -0.308 e. The van der Waals surface area contributed by atoms with Gasteiger partial charge in [0, 0.05) is 32.7 Å². The quantitative estimate of drug-likeness (QED) is 0.579. The highest BCUT2D eigenvalue weighted by molar-refractivity contribution is 7.99. The predicted octanol–water partition coefficient (Wildman–Crippen LogP) is 5.54. The number of anilines is 2. The lowest BCUT2D eigenvalue weighted by molar-refractivity contribution is 0.262. The van der Waals surface area contributed by atoms with E-state index in [1.165, 1.54) is 11.8 Å². The number of aromatic nitrogens is 2. The molecule has 2 N–H and O–H groups in total. The van der Waals surface area contributed by atoms with Gasteiger partial charge >= 0.3 is 6.03 Å². The average molecular weight is 385 g/mol. The van der Waals surface area contributed by atoms with E-state index >= 15 is 0 Å². The highest BCUT2D eigenvalue weighted by Crippen LogP contribution is 2.26. The van der Waals surface area contributed by atoms with Gasteiger partial charge in [0.25, 0.3) is 0 Å². The molecule has 0 aliphatic heterocycles. The lowest BCUT2D eigenvalue weighted by Gasteiger charge is -2.08. The molecular formula is C19H17ClN4OS. The van der Waals surface area contributed by atoms with Gasteiger partial charge in [0.1, 0.15) is 0 Å². The molecule has 0 unspecified atom stereocenters. The van der Waals surface area contributed by atoms with Gasteiger partial charge in [-0.25, -0.2) is 14.8 Å². The number of benzene rings is 2. The summed E-state index contributed by atoms with van der Waals surface area (Å²) in [4.78, 5) is 21.9. The number of halogens is 1. The fourth-order valence-corrected chi connectivity index (χ4v) is 3.27. The van der Waals surface area contributed by atoms with Crippen LogP contribution in [0.3, 0.4) is 0 Å². The standard InChI is InChI=1S/C19H17ClN4OS/c1-12-11-13(2)22-19(21-12)26-17-9-7-16(8-10-17)24-18(25)23-15-5-3-14(20)4-6-15/h3-11H,1-2H3,(H2,23,24,25). The SMILES string of the molecule is Cc1cc(C)nc(Sc2ccc(NC(=O)Nc3ccc(Cl)cc3)cc2)n1. The zero-order valence-electron chi connectivity index (χ0n) is 14.3. The van der Waals surface area contributed by atoms with Crippen LogP contribution >= 0.6 is 23.4 Å². The van der Waals surface area contributed by atoms with Gasteiger partial charge in [-0.1, -0.05) is 11.6 Å². The lowest BCUT2D eigenvalue weighted by atomic mass is 10.3. The van der Waals surface area contributed by atoms with Crippen LogP contribution in [-0.2, 0) is 0 Å². The van der Waals surface area contributed by atoms with E-state index < -0.39 is 0 Å². The van der Waals surface area contributed by atoms with Crippen molar-refractivity contribution >= 4 is 40.8 Å². The summed E-state index contributed by atoms with van der Waals surface area (Å²) >= 11 is 7.31. The summed E-state index contributed by atoms with van der Waals surface area (Å²) in [6.45, 7) is 3.90. The lowest BCUT2D eigenvalue weighted by Crippen LogP contribution is -2.19. The molecule has 0 fully saturated rings. The van der Waals surface area contributed by atoms with Gasteiger partial charge in [0.05, 0.1) is 0 Å². The minimum atomic E-state index is -0.314. The van der Waals surface area contributed by atoms with Crippen LogP contribution in [0.5, 0.6) is 0 Å². The van der Waals surface area contributed by atoms with Crippen molar-refractivity contribution < 1.29 is 4.79 Å². The summed E-state index contributed by atoms with van der Waals surface area (Å²) in [6.07, 6.45) is 0. The summed E-state index contributed by atoms with van der Waals surface area (Å²) in [5.41, 5.74) is 3.25. The highest BCUT2D eigenvalue weighted by Gasteiger charge is 2.05. The number of nitrogens with one attached hydrogen (secondary N) is 2. The molecule has 0 atom stereocenters. The third kappa shape index (κ3) is 5.21. The summed E-state index contributed by atoms with van der Waals surface area (Å²) in [5, 5.41) is 6.88. The fourth-order valence-electron chi connectivity index (χ4n) is 2.28. The molecule has 2 amide bonds. The Labute approximate surface area is 161 Å². The van der Waals surface area contributed by atoms with Crippen LogP contribution in [0, 0.1) is 13.8 Å². The third-order valence-corrected chi connectivity index (χ3v) is 4.51. The fraction of sp³-hybridized carbons (Fsp3) is 0.105. The molecule has 0 spiro atoms. The Morgan fingerprint density at radius 3 is 1.92 bits per heavy atom. The molecule has 3 rings (SSSR count). The zero-order chi connectivity index (χ0) is 18.5. The number of carbonyl (C=O) groups excluding carboxylic acids is 1. The van der Waals surface area contributed by atoms with E-state index in [-0.39, 0.29) is 6.03 Å². The predicted molar refractivity (Wildman–Crippen MR) is 106 cm³/mol. The number of amides is 2. The molecule has 0 bridgehead atoms. The van der Waals surface area contributed by atoms with E-state index in [1.54, 1.807) is 24.3 Å². The van der Waals surface area contributed by atoms with Crippen molar-refractivity contribution in [3.63, 3.8) is 0 Å². The molecule has 132 valence electrons. The summed E-state index contributed by atoms with van der Waals surface area (Å²) in [5.74, 6) is 0. The number of hydrogen-bond donors (Lipinski definition) is 2. The first-order valence-corrected chi connectivity index (χ1v) is 9.11. The molecule has 7 heteroatoms. The Bertz CT molecular complexity index is 894. The van der Waals surface area contributed by atoms with Crippen LogP contribution in [0.15, 0.2) is 64.6 Å². The Kier molecular flexibility index (Phi) is 5.75. The first-order valence-electron chi connectivity index (χ1n) is 7.92. The third-order valence-electron chi connectivity index (χ3n) is 3.39. The molecule has 0 aliphatic carbocycles. The Balaban J connectivity index is 1.60. The van der Waals surface area contributed by atoms with Crippen LogP contribution in [0.4, 0.5) is 16.2 Å². The van der Waals surface area contributed by atoms with Gasteiger partial charge in [-0.3, -0.25) is 0 Å². The molecule has 2 aromatic carbocycles. The molecule has 0 aliphatic rings. The molecule has 0 saturated carbocycles. The molecule has 0 saturated heterocycles. The maximum Gasteiger partial charge on any atom is 0.323 e. The van der Waals surface area contributed by atoms with E-state index in [0.717, 1.165) is 16.3 Å². The molecule has 0 radical (unpaired) electrons. The number of carbonyl (C=O) groups is 1. The Morgan fingerprint density at radius 2 is 1.38 bits per heavy atom. The van der Waals surface area contributed by atoms with Crippen molar-refractivity contribution in [2.24, 2.45) is 0 Å². The number of nitrogens with zero attached hydrogens (tertiary/aromatic N) is 2. The molecule has 3 aromatic rings. The molecule has 26 heavy (non-hydrogen) atoms. The first-order chi connectivity index (χ1) is 12.5. The van der Waals surface area contributed by atoms with Crippen LogP contribution in [0.1, 0.15) is 11.4 Å². The number of aryl methyl sites for hydroxylation is 2. The maximum absolute atomic E-state index is 12.0. The first kappa shape index (κ1) is 18.2. The molecular weight excluding hydrogens is 368 g/mol. The number of hydrogen-bond acceptors (Lipinski definition) is 4. The van der Waals surface area contributed by atoms with Gasteiger partial charge in [0.2, 0.25) is 0 Å². The molecule has 5 nitrogen and oxygen atoms in total. The van der Waals surface area contributed by atoms with E-state index in [4.69, 9.17) is 11.6 Å². The van der Waals surface area contributed by atoms with Crippen LogP contribution < -0.4 is 10.6 Å². The minimum absolute atomic E-state index is 0.314. The summed E-state index contributed by atoms with van der Waals surface area (Å²) in [7, 11) is 0.